The Kier molecular flexibility index (Phi) is 6.43. The quantitative estimate of drug-likeness (QED) is 0.749. The summed E-state index contributed by atoms with van der Waals surface area (Å²) in [4.78, 5) is 34.3. The van der Waals surface area contributed by atoms with Crippen molar-refractivity contribution in [2.45, 2.75) is 33.1 Å². The topological polar surface area (TPSA) is 75.3 Å². The number of hydrogen-bond donors (Lipinski definition) is 2. The van der Waals surface area contributed by atoms with Crippen LogP contribution in [-0.2, 0) is 9.59 Å². The van der Waals surface area contributed by atoms with Crippen molar-refractivity contribution >= 4 is 23.3 Å². The van der Waals surface area contributed by atoms with E-state index in [1.165, 1.54) is 6.92 Å². The maximum Gasteiger partial charge on any atom is 0.221 e. The molecule has 0 atom stereocenters. The van der Waals surface area contributed by atoms with Crippen LogP contribution in [0.15, 0.2) is 24.3 Å². The van der Waals surface area contributed by atoms with Crippen LogP contribution in [0, 0.1) is 0 Å². The molecule has 0 bridgehead atoms. The number of rotatable bonds is 7. The van der Waals surface area contributed by atoms with Crippen molar-refractivity contribution in [1.82, 2.24) is 5.32 Å². The predicted molar refractivity (Wildman–Crippen MR) is 77.6 cm³/mol. The van der Waals surface area contributed by atoms with E-state index in [4.69, 9.17) is 0 Å². The van der Waals surface area contributed by atoms with E-state index < -0.39 is 0 Å². The Bertz CT molecular complexity index is 498. The number of carbonyl (C=O) groups excluding carboxylic acids is 3. The Morgan fingerprint density at radius 3 is 2.60 bits per heavy atom. The summed E-state index contributed by atoms with van der Waals surface area (Å²) in [6.45, 7) is 3.39. The molecular weight excluding hydrogens is 256 g/mol. The standard InChI is InChI=1S/C15H20N2O3/c1-3-4-8-15(20)16-10-14(19)12-6-5-7-13(9-12)17-11(2)18/h5-7,9H,3-4,8,10H2,1-2H3,(H,16,20)(H,17,18). The summed E-state index contributed by atoms with van der Waals surface area (Å²) < 4.78 is 0. The lowest BCUT2D eigenvalue weighted by molar-refractivity contribution is -0.121. The number of ketones is 1. The Labute approximate surface area is 118 Å². The molecule has 0 heterocycles. The number of benzene rings is 1. The normalized spacial score (nSPS) is 9.90. The van der Waals surface area contributed by atoms with Crippen molar-refractivity contribution in [2.24, 2.45) is 0 Å². The van der Waals surface area contributed by atoms with Crippen molar-refractivity contribution in [2.75, 3.05) is 11.9 Å². The van der Waals surface area contributed by atoms with Gasteiger partial charge in [0.15, 0.2) is 5.78 Å². The third-order valence-electron chi connectivity index (χ3n) is 2.71. The minimum Gasteiger partial charge on any atom is -0.349 e. The number of anilines is 1. The molecule has 0 saturated heterocycles. The van der Waals surface area contributed by atoms with Crippen LogP contribution in [0.3, 0.4) is 0 Å². The summed E-state index contributed by atoms with van der Waals surface area (Å²) in [7, 11) is 0. The fourth-order valence-electron chi connectivity index (χ4n) is 1.68. The van der Waals surface area contributed by atoms with Crippen LogP contribution in [0.25, 0.3) is 0 Å². The Morgan fingerprint density at radius 2 is 1.95 bits per heavy atom. The zero-order chi connectivity index (χ0) is 15.0. The van der Waals surface area contributed by atoms with E-state index in [-0.39, 0.29) is 24.1 Å². The van der Waals surface area contributed by atoms with E-state index in [0.717, 1.165) is 12.8 Å². The molecule has 0 saturated carbocycles. The number of Topliss-reactive ketones (excluding diaryl/α,β-unsaturated/α-hetero) is 1. The molecule has 2 N–H and O–H groups in total. The van der Waals surface area contributed by atoms with Gasteiger partial charge in [-0.25, -0.2) is 0 Å². The molecule has 0 aliphatic carbocycles. The third kappa shape index (κ3) is 5.65. The van der Waals surface area contributed by atoms with Gasteiger partial charge in [-0.05, 0) is 18.6 Å². The van der Waals surface area contributed by atoms with Gasteiger partial charge < -0.3 is 10.6 Å². The van der Waals surface area contributed by atoms with Gasteiger partial charge in [0, 0.05) is 24.6 Å². The van der Waals surface area contributed by atoms with Gasteiger partial charge in [0.2, 0.25) is 11.8 Å². The van der Waals surface area contributed by atoms with Crippen LogP contribution in [0.5, 0.6) is 0 Å². The average molecular weight is 276 g/mol. The first kappa shape index (κ1) is 15.9. The lowest BCUT2D eigenvalue weighted by Gasteiger charge is -2.06. The summed E-state index contributed by atoms with van der Waals surface area (Å²) in [6, 6.07) is 6.66. The number of hydrogen-bond acceptors (Lipinski definition) is 3. The monoisotopic (exact) mass is 276 g/mol. The van der Waals surface area contributed by atoms with E-state index in [1.54, 1.807) is 24.3 Å². The Balaban J connectivity index is 2.55. The second-order valence-electron chi connectivity index (χ2n) is 4.57. The smallest absolute Gasteiger partial charge is 0.221 e. The molecular formula is C15H20N2O3. The fraction of sp³-hybridized carbons (Fsp3) is 0.400. The molecule has 1 aromatic carbocycles. The fourth-order valence-corrected chi connectivity index (χ4v) is 1.68. The maximum atomic E-state index is 11.9. The van der Waals surface area contributed by atoms with Crippen molar-refractivity contribution in [3.8, 4) is 0 Å². The first-order chi connectivity index (χ1) is 9.52. The van der Waals surface area contributed by atoms with E-state index >= 15 is 0 Å². The van der Waals surface area contributed by atoms with Gasteiger partial charge in [-0.2, -0.15) is 0 Å². The highest BCUT2D eigenvalue weighted by Gasteiger charge is 2.09. The molecule has 0 aromatic heterocycles. The number of amides is 2. The summed E-state index contributed by atoms with van der Waals surface area (Å²) >= 11 is 0. The van der Waals surface area contributed by atoms with E-state index in [1.807, 2.05) is 6.92 Å². The molecule has 0 radical (unpaired) electrons. The highest BCUT2D eigenvalue weighted by atomic mass is 16.2. The highest BCUT2D eigenvalue weighted by Crippen LogP contribution is 2.11. The second kappa shape index (κ2) is 8.09. The first-order valence-electron chi connectivity index (χ1n) is 6.70. The maximum absolute atomic E-state index is 11.9. The highest BCUT2D eigenvalue weighted by molar-refractivity contribution is 6.00. The molecule has 108 valence electrons. The molecule has 0 aliphatic rings. The Morgan fingerprint density at radius 1 is 1.20 bits per heavy atom. The van der Waals surface area contributed by atoms with E-state index in [9.17, 15) is 14.4 Å². The molecule has 2 amide bonds. The van der Waals surface area contributed by atoms with Crippen LogP contribution in [0.2, 0.25) is 0 Å². The Hall–Kier alpha value is -2.17. The molecule has 0 unspecified atom stereocenters. The van der Waals surface area contributed by atoms with Crippen molar-refractivity contribution in [1.29, 1.82) is 0 Å². The largest absolute Gasteiger partial charge is 0.349 e. The number of carbonyl (C=O) groups is 3. The van der Waals surface area contributed by atoms with E-state index in [2.05, 4.69) is 10.6 Å². The van der Waals surface area contributed by atoms with Gasteiger partial charge in [-0.3, -0.25) is 14.4 Å². The molecule has 1 aromatic rings. The second-order valence-corrected chi connectivity index (χ2v) is 4.57. The van der Waals surface area contributed by atoms with Crippen molar-refractivity contribution < 1.29 is 14.4 Å². The van der Waals surface area contributed by atoms with Crippen molar-refractivity contribution in [3.05, 3.63) is 29.8 Å². The zero-order valence-corrected chi connectivity index (χ0v) is 11.9. The minimum absolute atomic E-state index is 0.0218. The van der Waals surface area contributed by atoms with Gasteiger partial charge in [0.1, 0.15) is 0 Å². The first-order valence-corrected chi connectivity index (χ1v) is 6.70. The number of nitrogens with one attached hydrogen (secondary N) is 2. The molecule has 0 aliphatic heterocycles. The molecule has 0 spiro atoms. The zero-order valence-electron chi connectivity index (χ0n) is 11.9. The summed E-state index contributed by atoms with van der Waals surface area (Å²) in [5.74, 6) is -0.484. The van der Waals surface area contributed by atoms with E-state index in [0.29, 0.717) is 17.7 Å². The molecule has 20 heavy (non-hydrogen) atoms. The molecule has 5 nitrogen and oxygen atoms in total. The minimum atomic E-state index is -0.192. The number of unbranched alkanes of at least 4 members (excludes halogenated alkanes) is 1. The van der Waals surface area contributed by atoms with Gasteiger partial charge in [0.25, 0.3) is 0 Å². The third-order valence-corrected chi connectivity index (χ3v) is 2.71. The lowest BCUT2D eigenvalue weighted by atomic mass is 10.1. The summed E-state index contributed by atoms with van der Waals surface area (Å²) in [5, 5.41) is 5.21. The molecule has 5 heteroatoms. The van der Waals surface area contributed by atoms with Crippen LogP contribution >= 0.6 is 0 Å². The van der Waals surface area contributed by atoms with Gasteiger partial charge in [-0.1, -0.05) is 25.5 Å². The van der Waals surface area contributed by atoms with Gasteiger partial charge in [-0.15, -0.1) is 0 Å². The van der Waals surface area contributed by atoms with Crippen LogP contribution in [-0.4, -0.2) is 24.1 Å². The van der Waals surface area contributed by atoms with Crippen LogP contribution in [0.1, 0.15) is 43.5 Å². The predicted octanol–water partition coefficient (Wildman–Crippen LogP) is 2.13. The van der Waals surface area contributed by atoms with Gasteiger partial charge in [0.05, 0.1) is 6.54 Å². The van der Waals surface area contributed by atoms with Crippen LogP contribution in [0.4, 0.5) is 5.69 Å². The van der Waals surface area contributed by atoms with Crippen LogP contribution < -0.4 is 10.6 Å². The lowest BCUT2D eigenvalue weighted by Crippen LogP contribution is -2.29. The average Bonchev–Trinajstić information content (AvgIpc) is 2.42. The summed E-state index contributed by atoms with van der Waals surface area (Å²) in [6.07, 6.45) is 2.20. The molecule has 1 rings (SSSR count). The van der Waals surface area contributed by atoms with Crippen molar-refractivity contribution in [3.63, 3.8) is 0 Å². The molecule has 0 fully saturated rings. The summed E-state index contributed by atoms with van der Waals surface area (Å²) in [5.41, 5.74) is 1.03. The SMILES string of the molecule is CCCCC(=O)NCC(=O)c1cccc(NC(C)=O)c1. The van der Waals surface area contributed by atoms with Gasteiger partial charge >= 0.3 is 0 Å².